The zero-order valence-corrected chi connectivity index (χ0v) is 13.7. The first-order valence-electron chi connectivity index (χ1n) is 7.91. The largest absolute Gasteiger partial charge is 0.388 e. The molecule has 2 aromatic rings. The summed E-state index contributed by atoms with van der Waals surface area (Å²) in [7, 11) is 0. The number of rotatable bonds is 7. The quantitative estimate of drug-likeness (QED) is 0.728. The number of benzene rings is 2. The van der Waals surface area contributed by atoms with Crippen LogP contribution in [0.3, 0.4) is 0 Å². The second-order valence-electron chi connectivity index (χ2n) is 5.56. The first-order chi connectivity index (χ1) is 11.6. The molecular weight excluding hydrogens is 304 g/mol. The highest BCUT2D eigenvalue weighted by Gasteiger charge is 2.11. The third-order valence-electron chi connectivity index (χ3n) is 3.72. The van der Waals surface area contributed by atoms with Crippen LogP contribution >= 0.6 is 0 Å². The van der Waals surface area contributed by atoms with Crippen molar-refractivity contribution in [2.24, 2.45) is 0 Å². The molecule has 1 atom stereocenters. The lowest BCUT2D eigenvalue weighted by Crippen LogP contribution is -2.37. The summed E-state index contributed by atoms with van der Waals surface area (Å²) < 4.78 is 0. The minimum atomic E-state index is -0.618. The number of hydrogen-bond acceptors (Lipinski definition) is 3. The summed E-state index contributed by atoms with van der Waals surface area (Å²) in [5.74, 6) is -0.551. The number of carbonyl (C=O) groups is 2. The number of aliphatic hydroxyl groups excluding tert-OH is 1. The van der Waals surface area contributed by atoms with Crippen molar-refractivity contribution in [3.8, 4) is 0 Å². The Labute approximate surface area is 141 Å². The predicted octanol–water partition coefficient (Wildman–Crippen LogP) is 1.96. The van der Waals surface area contributed by atoms with E-state index in [0.717, 1.165) is 11.1 Å². The van der Waals surface area contributed by atoms with Gasteiger partial charge in [-0.25, -0.2) is 0 Å². The van der Waals surface area contributed by atoms with Crippen LogP contribution in [0.4, 0.5) is 0 Å². The second-order valence-corrected chi connectivity index (χ2v) is 5.56. The van der Waals surface area contributed by atoms with Gasteiger partial charge < -0.3 is 15.7 Å². The van der Waals surface area contributed by atoms with Crippen LogP contribution < -0.4 is 10.6 Å². The van der Waals surface area contributed by atoms with E-state index in [2.05, 4.69) is 10.6 Å². The molecule has 126 valence electrons. The molecule has 5 nitrogen and oxygen atoms in total. The maximum absolute atomic E-state index is 12.0. The van der Waals surface area contributed by atoms with E-state index in [4.69, 9.17) is 0 Å². The minimum Gasteiger partial charge on any atom is -0.388 e. The van der Waals surface area contributed by atoms with Crippen LogP contribution in [-0.4, -0.2) is 30.0 Å². The van der Waals surface area contributed by atoms with Gasteiger partial charge >= 0.3 is 0 Å². The molecule has 0 bridgehead atoms. The summed E-state index contributed by atoms with van der Waals surface area (Å²) in [5, 5.41) is 15.3. The van der Waals surface area contributed by atoms with Crippen molar-refractivity contribution >= 4 is 11.8 Å². The van der Waals surface area contributed by atoms with Crippen LogP contribution in [0, 0.1) is 6.92 Å². The smallest absolute Gasteiger partial charge is 0.251 e. The van der Waals surface area contributed by atoms with Gasteiger partial charge in [0.2, 0.25) is 5.91 Å². The first-order valence-corrected chi connectivity index (χ1v) is 7.91. The van der Waals surface area contributed by atoms with Crippen LogP contribution in [0.2, 0.25) is 0 Å². The molecule has 2 aromatic carbocycles. The third kappa shape index (κ3) is 5.21. The number of hydrogen-bond donors (Lipinski definition) is 3. The molecule has 0 saturated carbocycles. The molecule has 0 heterocycles. The van der Waals surface area contributed by atoms with Crippen LogP contribution in [0.25, 0.3) is 0 Å². The summed E-state index contributed by atoms with van der Waals surface area (Å²) in [6, 6.07) is 16.5. The Balaban J connectivity index is 1.70. The highest BCUT2D eigenvalue weighted by atomic mass is 16.3. The lowest BCUT2D eigenvalue weighted by Gasteiger charge is -2.12. The average Bonchev–Trinajstić information content (AvgIpc) is 2.60. The monoisotopic (exact) mass is 326 g/mol. The molecule has 2 amide bonds. The average molecular weight is 326 g/mol. The van der Waals surface area contributed by atoms with Gasteiger partial charge in [0.15, 0.2) is 0 Å². The van der Waals surface area contributed by atoms with Gasteiger partial charge in [-0.15, -0.1) is 0 Å². The summed E-state index contributed by atoms with van der Waals surface area (Å²) in [6.45, 7) is 2.10. The normalized spacial score (nSPS) is 11.6. The minimum absolute atomic E-state index is 0.0887. The Hall–Kier alpha value is -2.66. The van der Waals surface area contributed by atoms with Gasteiger partial charge in [-0.2, -0.15) is 0 Å². The summed E-state index contributed by atoms with van der Waals surface area (Å²) in [6.07, 6.45) is -0.199. The molecule has 0 radical (unpaired) electrons. The molecular formula is C19H22N2O3. The lowest BCUT2D eigenvalue weighted by atomic mass is 10.1. The molecule has 0 aliphatic rings. The van der Waals surface area contributed by atoms with Crippen molar-refractivity contribution in [2.45, 2.75) is 19.4 Å². The topological polar surface area (TPSA) is 78.4 Å². The third-order valence-corrected chi connectivity index (χ3v) is 3.72. The van der Waals surface area contributed by atoms with E-state index in [1.54, 1.807) is 12.1 Å². The van der Waals surface area contributed by atoms with Gasteiger partial charge in [-0.05, 0) is 30.5 Å². The molecule has 0 spiro atoms. The van der Waals surface area contributed by atoms with Crippen molar-refractivity contribution in [2.75, 3.05) is 13.1 Å². The SMILES string of the molecule is Cc1ccccc1C(=O)NCC(=O)NCCC(O)c1ccccc1. The predicted molar refractivity (Wildman–Crippen MR) is 92.5 cm³/mol. The fourth-order valence-corrected chi connectivity index (χ4v) is 2.34. The zero-order valence-electron chi connectivity index (χ0n) is 13.7. The molecule has 5 heteroatoms. The number of aliphatic hydroxyl groups is 1. The molecule has 0 saturated heterocycles. The highest BCUT2D eigenvalue weighted by molar-refractivity contribution is 5.97. The summed E-state index contributed by atoms with van der Waals surface area (Å²) >= 11 is 0. The van der Waals surface area contributed by atoms with Gasteiger partial charge in [0.25, 0.3) is 5.91 Å². The van der Waals surface area contributed by atoms with Gasteiger partial charge in [-0.3, -0.25) is 9.59 Å². The highest BCUT2D eigenvalue weighted by Crippen LogP contribution is 2.14. The van der Waals surface area contributed by atoms with E-state index in [1.807, 2.05) is 49.4 Å². The summed E-state index contributed by atoms with van der Waals surface area (Å²) in [5.41, 5.74) is 2.24. The van der Waals surface area contributed by atoms with Crippen molar-refractivity contribution in [3.05, 3.63) is 71.3 Å². The fourth-order valence-electron chi connectivity index (χ4n) is 2.34. The first kappa shape index (κ1) is 17.7. The second kappa shape index (κ2) is 8.84. The lowest BCUT2D eigenvalue weighted by molar-refractivity contribution is -0.120. The van der Waals surface area contributed by atoms with E-state index < -0.39 is 6.10 Å². The van der Waals surface area contributed by atoms with Gasteiger partial charge in [0, 0.05) is 12.1 Å². The van der Waals surface area contributed by atoms with E-state index in [-0.39, 0.29) is 18.4 Å². The van der Waals surface area contributed by atoms with Crippen LogP contribution in [-0.2, 0) is 4.79 Å². The van der Waals surface area contributed by atoms with Crippen molar-refractivity contribution < 1.29 is 14.7 Å². The van der Waals surface area contributed by atoms with Gasteiger partial charge in [0.1, 0.15) is 0 Å². The molecule has 1 unspecified atom stereocenters. The molecule has 0 aromatic heterocycles. The van der Waals surface area contributed by atoms with E-state index >= 15 is 0 Å². The Bertz CT molecular complexity index is 686. The van der Waals surface area contributed by atoms with Crippen molar-refractivity contribution in [3.63, 3.8) is 0 Å². The van der Waals surface area contributed by atoms with E-state index in [9.17, 15) is 14.7 Å². The van der Waals surface area contributed by atoms with Crippen LogP contribution in [0.5, 0.6) is 0 Å². The maximum Gasteiger partial charge on any atom is 0.251 e. The Morgan fingerprint density at radius 1 is 1.00 bits per heavy atom. The Morgan fingerprint density at radius 2 is 1.67 bits per heavy atom. The molecule has 0 aliphatic heterocycles. The van der Waals surface area contributed by atoms with Gasteiger partial charge in [0.05, 0.1) is 12.6 Å². The molecule has 0 aliphatic carbocycles. The molecule has 3 N–H and O–H groups in total. The Morgan fingerprint density at radius 3 is 2.38 bits per heavy atom. The van der Waals surface area contributed by atoms with Crippen molar-refractivity contribution in [1.29, 1.82) is 0 Å². The molecule has 2 rings (SSSR count). The maximum atomic E-state index is 12.0. The van der Waals surface area contributed by atoms with E-state index in [1.165, 1.54) is 0 Å². The van der Waals surface area contributed by atoms with Crippen molar-refractivity contribution in [1.82, 2.24) is 10.6 Å². The fraction of sp³-hybridized carbons (Fsp3) is 0.263. The number of nitrogens with one attached hydrogen (secondary N) is 2. The van der Waals surface area contributed by atoms with E-state index in [0.29, 0.717) is 18.5 Å². The van der Waals surface area contributed by atoms with Gasteiger partial charge in [-0.1, -0.05) is 48.5 Å². The number of amides is 2. The molecule has 24 heavy (non-hydrogen) atoms. The number of carbonyl (C=O) groups excluding carboxylic acids is 2. The molecule has 0 fully saturated rings. The summed E-state index contributed by atoms with van der Waals surface area (Å²) in [4.78, 5) is 23.8. The Kier molecular flexibility index (Phi) is 6.51. The van der Waals surface area contributed by atoms with Crippen LogP contribution in [0.15, 0.2) is 54.6 Å². The standard InChI is InChI=1S/C19H22N2O3/c1-14-7-5-6-10-16(14)19(24)21-13-18(23)20-12-11-17(22)15-8-3-2-4-9-15/h2-10,17,22H,11-13H2,1H3,(H,20,23)(H,21,24). The zero-order chi connectivity index (χ0) is 17.4. The van der Waals surface area contributed by atoms with Crippen LogP contribution in [0.1, 0.15) is 34.0 Å². The number of aryl methyl sites for hydroxylation is 1.